The van der Waals surface area contributed by atoms with Crippen LogP contribution in [0, 0.1) is 0 Å². The van der Waals surface area contributed by atoms with Crippen molar-refractivity contribution in [2.24, 2.45) is 0 Å². The van der Waals surface area contributed by atoms with Gasteiger partial charge in [-0.15, -0.1) is 11.6 Å². The van der Waals surface area contributed by atoms with Crippen molar-refractivity contribution < 1.29 is 5.11 Å². The molecule has 0 heterocycles. The van der Waals surface area contributed by atoms with Crippen molar-refractivity contribution in [3.8, 4) is 0 Å². The molecule has 2 heteroatoms. The van der Waals surface area contributed by atoms with Crippen LogP contribution in [0.4, 0.5) is 0 Å². The van der Waals surface area contributed by atoms with Crippen molar-refractivity contribution in [1.82, 2.24) is 0 Å². The van der Waals surface area contributed by atoms with E-state index in [0.717, 1.165) is 0 Å². The van der Waals surface area contributed by atoms with Gasteiger partial charge in [0.05, 0.1) is 11.5 Å². The molecule has 0 amide bonds. The van der Waals surface area contributed by atoms with Crippen molar-refractivity contribution in [3.05, 3.63) is 12.2 Å². The molecule has 1 N–H and O–H groups in total. The standard InChI is InChI=1S/C6H11ClO/c1-3-4-6(2,8)5-7/h3-4,8H,5H2,1-2H3/b4-3+. The second-order valence-electron chi connectivity index (χ2n) is 1.99. The van der Waals surface area contributed by atoms with Crippen LogP contribution in [0.2, 0.25) is 0 Å². The first-order valence-corrected chi connectivity index (χ1v) is 3.08. The van der Waals surface area contributed by atoms with Gasteiger partial charge in [-0.05, 0) is 13.8 Å². The summed E-state index contributed by atoms with van der Waals surface area (Å²) in [5.41, 5.74) is -0.823. The Bertz CT molecular complexity index is 86.5. The second kappa shape index (κ2) is 3.10. The lowest BCUT2D eigenvalue weighted by molar-refractivity contribution is 0.136. The molecule has 48 valence electrons. The van der Waals surface area contributed by atoms with Crippen LogP contribution in [-0.2, 0) is 0 Å². The van der Waals surface area contributed by atoms with E-state index in [0.29, 0.717) is 0 Å². The van der Waals surface area contributed by atoms with E-state index >= 15 is 0 Å². The van der Waals surface area contributed by atoms with E-state index < -0.39 is 5.60 Å². The third-order valence-corrected chi connectivity index (χ3v) is 1.34. The number of aliphatic hydroxyl groups is 1. The quantitative estimate of drug-likeness (QED) is 0.449. The second-order valence-corrected chi connectivity index (χ2v) is 2.26. The Morgan fingerprint density at radius 2 is 2.25 bits per heavy atom. The van der Waals surface area contributed by atoms with Gasteiger partial charge < -0.3 is 5.11 Å². The van der Waals surface area contributed by atoms with Crippen molar-refractivity contribution in [2.45, 2.75) is 19.4 Å². The van der Waals surface area contributed by atoms with E-state index in [9.17, 15) is 0 Å². The SMILES string of the molecule is C/C=C/C(C)(O)CCl. The maximum absolute atomic E-state index is 9.10. The fourth-order valence-corrected chi connectivity index (χ4v) is 0.493. The molecule has 0 bridgehead atoms. The Kier molecular flexibility index (Phi) is 3.10. The van der Waals surface area contributed by atoms with Crippen LogP contribution >= 0.6 is 11.6 Å². The molecule has 0 aliphatic heterocycles. The van der Waals surface area contributed by atoms with Crippen molar-refractivity contribution in [2.75, 3.05) is 5.88 Å². The lowest BCUT2D eigenvalue weighted by Crippen LogP contribution is -2.22. The van der Waals surface area contributed by atoms with Crippen molar-refractivity contribution >= 4 is 11.6 Å². The summed E-state index contributed by atoms with van der Waals surface area (Å²) in [6.45, 7) is 3.51. The molecule has 0 saturated carbocycles. The predicted molar refractivity (Wildman–Crippen MR) is 36.2 cm³/mol. The highest BCUT2D eigenvalue weighted by molar-refractivity contribution is 6.18. The topological polar surface area (TPSA) is 20.2 Å². The van der Waals surface area contributed by atoms with Gasteiger partial charge in [0.1, 0.15) is 0 Å². The summed E-state index contributed by atoms with van der Waals surface area (Å²) in [6.07, 6.45) is 3.45. The summed E-state index contributed by atoms with van der Waals surface area (Å²) in [5, 5.41) is 9.10. The molecular weight excluding hydrogens is 124 g/mol. The third kappa shape index (κ3) is 3.05. The van der Waals surface area contributed by atoms with E-state index in [2.05, 4.69) is 0 Å². The van der Waals surface area contributed by atoms with E-state index in [-0.39, 0.29) is 5.88 Å². The van der Waals surface area contributed by atoms with Crippen LogP contribution in [0.3, 0.4) is 0 Å². The molecule has 1 nitrogen and oxygen atoms in total. The summed E-state index contributed by atoms with van der Waals surface area (Å²) >= 11 is 5.37. The summed E-state index contributed by atoms with van der Waals surface area (Å²) in [7, 11) is 0. The first-order valence-electron chi connectivity index (χ1n) is 2.54. The number of allylic oxidation sites excluding steroid dienone is 1. The fraction of sp³-hybridized carbons (Fsp3) is 0.667. The molecule has 0 fully saturated rings. The van der Waals surface area contributed by atoms with Crippen LogP contribution < -0.4 is 0 Å². The maximum atomic E-state index is 9.10. The Morgan fingerprint density at radius 3 is 2.38 bits per heavy atom. The molecule has 1 unspecified atom stereocenters. The van der Waals surface area contributed by atoms with Gasteiger partial charge in [-0.2, -0.15) is 0 Å². The summed E-state index contributed by atoms with van der Waals surface area (Å²) in [6, 6.07) is 0. The Morgan fingerprint density at radius 1 is 1.75 bits per heavy atom. The lowest BCUT2D eigenvalue weighted by Gasteiger charge is -2.12. The minimum atomic E-state index is -0.823. The maximum Gasteiger partial charge on any atom is 0.0934 e. The number of halogens is 1. The molecule has 0 aliphatic carbocycles. The molecule has 0 spiro atoms. The highest BCUT2D eigenvalue weighted by Gasteiger charge is 2.12. The highest BCUT2D eigenvalue weighted by Crippen LogP contribution is 2.06. The molecule has 1 atom stereocenters. The molecule has 0 radical (unpaired) electrons. The van der Waals surface area contributed by atoms with Gasteiger partial charge >= 0.3 is 0 Å². The minimum absolute atomic E-state index is 0.247. The summed E-state index contributed by atoms with van der Waals surface area (Å²) < 4.78 is 0. The Labute approximate surface area is 55.0 Å². The van der Waals surface area contributed by atoms with Gasteiger partial charge in [-0.1, -0.05) is 12.2 Å². The van der Waals surface area contributed by atoms with Crippen LogP contribution in [-0.4, -0.2) is 16.6 Å². The monoisotopic (exact) mass is 134 g/mol. The molecule has 0 aromatic heterocycles. The van der Waals surface area contributed by atoms with Crippen molar-refractivity contribution in [1.29, 1.82) is 0 Å². The van der Waals surface area contributed by atoms with E-state index in [1.165, 1.54) is 0 Å². The largest absolute Gasteiger partial charge is 0.385 e. The van der Waals surface area contributed by atoms with Gasteiger partial charge in [-0.25, -0.2) is 0 Å². The van der Waals surface area contributed by atoms with Gasteiger partial charge in [0.15, 0.2) is 0 Å². The Hall–Kier alpha value is -0.0100. The predicted octanol–water partition coefficient (Wildman–Crippen LogP) is 1.55. The third-order valence-electron chi connectivity index (χ3n) is 0.796. The molecular formula is C6H11ClO. The van der Waals surface area contributed by atoms with Gasteiger partial charge in [-0.3, -0.25) is 0 Å². The molecule has 0 aliphatic rings. The first-order chi connectivity index (χ1) is 3.62. The highest BCUT2D eigenvalue weighted by atomic mass is 35.5. The molecule has 0 rings (SSSR count). The zero-order valence-corrected chi connectivity index (χ0v) is 5.94. The number of alkyl halides is 1. The van der Waals surface area contributed by atoms with E-state index in [1.54, 1.807) is 19.1 Å². The zero-order valence-electron chi connectivity index (χ0n) is 5.19. The molecule has 0 saturated heterocycles. The average Bonchev–Trinajstić information content (AvgIpc) is 1.67. The van der Waals surface area contributed by atoms with Gasteiger partial charge in [0.25, 0.3) is 0 Å². The lowest BCUT2D eigenvalue weighted by atomic mass is 10.1. The summed E-state index contributed by atoms with van der Waals surface area (Å²) in [4.78, 5) is 0. The van der Waals surface area contributed by atoms with Crippen LogP contribution in [0.1, 0.15) is 13.8 Å². The van der Waals surface area contributed by atoms with Crippen LogP contribution in [0.15, 0.2) is 12.2 Å². The normalized spacial score (nSPS) is 19.0. The first kappa shape index (κ1) is 7.99. The number of rotatable bonds is 2. The van der Waals surface area contributed by atoms with E-state index in [1.807, 2.05) is 6.92 Å². The van der Waals surface area contributed by atoms with Crippen molar-refractivity contribution in [3.63, 3.8) is 0 Å². The molecule has 0 aromatic carbocycles. The van der Waals surface area contributed by atoms with Gasteiger partial charge in [0, 0.05) is 0 Å². The van der Waals surface area contributed by atoms with Gasteiger partial charge in [0.2, 0.25) is 0 Å². The van der Waals surface area contributed by atoms with Crippen LogP contribution in [0.5, 0.6) is 0 Å². The fourth-order valence-electron chi connectivity index (χ4n) is 0.404. The number of hydrogen-bond acceptors (Lipinski definition) is 1. The minimum Gasteiger partial charge on any atom is -0.385 e. The molecule has 0 aromatic rings. The Balaban J connectivity index is 3.71. The smallest absolute Gasteiger partial charge is 0.0934 e. The average molecular weight is 135 g/mol. The number of hydrogen-bond donors (Lipinski definition) is 1. The summed E-state index contributed by atoms with van der Waals surface area (Å²) in [5.74, 6) is 0.247. The molecule has 8 heavy (non-hydrogen) atoms. The zero-order chi connectivity index (χ0) is 6.62. The van der Waals surface area contributed by atoms with E-state index in [4.69, 9.17) is 16.7 Å². The van der Waals surface area contributed by atoms with Crippen LogP contribution in [0.25, 0.3) is 0 Å².